The van der Waals surface area contributed by atoms with Gasteiger partial charge in [-0.2, -0.15) is 13.2 Å². The Kier molecular flexibility index (Phi) is 6.77. The first-order valence-corrected chi connectivity index (χ1v) is 11.2. The Bertz CT molecular complexity index is 1070. The molecule has 2 heterocycles. The lowest BCUT2D eigenvalue weighted by Gasteiger charge is -2.31. The fourth-order valence-electron chi connectivity index (χ4n) is 4.20. The number of nitrogens with zero attached hydrogens (tertiary/aromatic N) is 2. The molecule has 0 N–H and O–H groups in total. The Hall–Kier alpha value is -3.22. The van der Waals surface area contributed by atoms with Crippen molar-refractivity contribution in [1.29, 1.82) is 0 Å². The van der Waals surface area contributed by atoms with E-state index in [9.17, 15) is 18.0 Å². The lowest BCUT2D eigenvalue weighted by atomic mass is 9.99. The van der Waals surface area contributed by atoms with E-state index >= 15 is 0 Å². The summed E-state index contributed by atoms with van der Waals surface area (Å²) < 4.78 is 47.0. The van der Waals surface area contributed by atoms with Gasteiger partial charge < -0.3 is 14.2 Å². The number of fused-ring (bicyclic) bond motifs is 1. The van der Waals surface area contributed by atoms with Crippen molar-refractivity contribution in [3.8, 4) is 5.75 Å². The van der Waals surface area contributed by atoms with Crippen LogP contribution in [0.2, 0.25) is 0 Å². The molecule has 1 aliphatic heterocycles. The van der Waals surface area contributed by atoms with E-state index in [-0.39, 0.29) is 5.91 Å². The van der Waals surface area contributed by atoms with Crippen molar-refractivity contribution in [2.75, 3.05) is 13.2 Å². The molecule has 4 nitrogen and oxygen atoms in total. The fourth-order valence-corrected chi connectivity index (χ4v) is 4.20. The zero-order chi connectivity index (χ0) is 23.4. The highest BCUT2D eigenvalue weighted by Gasteiger charge is 2.33. The van der Waals surface area contributed by atoms with E-state index in [1.54, 1.807) is 29.2 Å². The molecule has 0 saturated heterocycles. The highest BCUT2D eigenvalue weighted by Crippen LogP contribution is 2.35. The second kappa shape index (κ2) is 9.73. The van der Waals surface area contributed by atoms with Crippen LogP contribution in [0.3, 0.4) is 0 Å². The van der Waals surface area contributed by atoms with Crippen molar-refractivity contribution < 1.29 is 22.7 Å². The number of alkyl halides is 3. The summed E-state index contributed by atoms with van der Waals surface area (Å²) in [4.78, 5) is 15.3. The van der Waals surface area contributed by atoms with Crippen molar-refractivity contribution >= 4 is 5.91 Å². The molecular formula is C26H27F3N2O2. The first-order chi connectivity index (χ1) is 15.9. The van der Waals surface area contributed by atoms with Gasteiger partial charge in [0, 0.05) is 30.5 Å². The molecule has 0 saturated carbocycles. The summed E-state index contributed by atoms with van der Waals surface area (Å²) in [5.74, 6) is 0.554. The van der Waals surface area contributed by atoms with E-state index in [0.717, 1.165) is 43.6 Å². The molecule has 4 rings (SSSR count). The number of ether oxygens (including phenoxy) is 1. The molecular weight excluding hydrogens is 429 g/mol. The summed E-state index contributed by atoms with van der Waals surface area (Å²) in [5.41, 5.74) is 1.36. The molecule has 1 aromatic heterocycles. The zero-order valence-electron chi connectivity index (χ0n) is 18.5. The highest BCUT2D eigenvalue weighted by atomic mass is 19.4. The quantitative estimate of drug-likeness (QED) is 0.407. The van der Waals surface area contributed by atoms with Gasteiger partial charge in [-0.15, -0.1) is 0 Å². The van der Waals surface area contributed by atoms with E-state index < -0.39 is 17.8 Å². The van der Waals surface area contributed by atoms with Crippen LogP contribution in [0.4, 0.5) is 13.2 Å². The van der Waals surface area contributed by atoms with Gasteiger partial charge in [0.2, 0.25) is 0 Å². The lowest BCUT2D eigenvalue weighted by molar-refractivity contribution is -0.137. The third-order valence-electron chi connectivity index (χ3n) is 5.94. The molecule has 33 heavy (non-hydrogen) atoms. The monoisotopic (exact) mass is 456 g/mol. The number of carbonyl (C=O) groups is 1. The number of aromatic nitrogens is 1. The maximum absolute atomic E-state index is 13.6. The molecule has 3 aromatic rings. The van der Waals surface area contributed by atoms with Gasteiger partial charge in [-0.3, -0.25) is 4.79 Å². The first-order valence-electron chi connectivity index (χ1n) is 11.2. The van der Waals surface area contributed by atoms with Gasteiger partial charge in [0.1, 0.15) is 5.75 Å². The van der Waals surface area contributed by atoms with Crippen molar-refractivity contribution in [2.24, 2.45) is 0 Å². The van der Waals surface area contributed by atoms with E-state index in [1.165, 1.54) is 12.1 Å². The zero-order valence-corrected chi connectivity index (χ0v) is 18.5. The van der Waals surface area contributed by atoms with Gasteiger partial charge in [-0.25, -0.2) is 0 Å². The Morgan fingerprint density at radius 2 is 1.76 bits per heavy atom. The number of hydrogen-bond donors (Lipinski definition) is 0. The average Bonchev–Trinajstić information content (AvgIpc) is 3.18. The van der Waals surface area contributed by atoms with Crippen LogP contribution in [0.25, 0.3) is 0 Å². The van der Waals surface area contributed by atoms with Crippen LogP contribution in [0.15, 0.2) is 66.9 Å². The number of benzene rings is 2. The summed E-state index contributed by atoms with van der Waals surface area (Å²) in [6, 6.07) is 15.5. The third-order valence-corrected chi connectivity index (χ3v) is 5.94. The van der Waals surface area contributed by atoms with Crippen molar-refractivity contribution in [3.05, 3.63) is 89.2 Å². The minimum atomic E-state index is -4.40. The largest absolute Gasteiger partial charge is 0.494 e. The molecule has 0 fully saturated rings. The van der Waals surface area contributed by atoms with Crippen LogP contribution in [0.5, 0.6) is 5.75 Å². The molecule has 7 heteroatoms. The molecule has 1 amide bonds. The van der Waals surface area contributed by atoms with E-state index in [1.807, 2.05) is 18.3 Å². The van der Waals surface area contributed by atoms with Crippen LogP contribution in [-0.2, 0) is 12.7 Å². The predicted molar refractivity (Wildman–Crippen MR) is 120 cm³/mol. The number of unbranched alkanes of at least 4 members (excludes halogenated alkanes) is 1. The molecule has 0 spiro atoms. The van der Waals surface area contributed by atoms with Crippen LogP contribution in [0, 0.1) is 0 Å². The second-order valence-electron chi connectivity index (χ2n) is 8.23. The third kappa shape index (κ3) is 5.07. The van der Waals surface area contributed by atoms with Gasteiger partial charge in [-0.05, 0) is 66.9 Å². The van der Waals surface area contributed by atoms with Crippen molar-refractivity contribution in [1.82, 2.24) is 9.47 Å². The van der Waals surface area contributed by atoms with Crippen molar-refractivity contribution in [3.63, 3.8) is 0 Å². The first kappa shape index (κ1) is 23.0. The number of rotatable bonds is 6. The van der Waals surface area contributed by atoms with E-state index in [0.29, 0.717) is 30.0 Å². The second-order valence-corrected chi connectivity index (χ2v) is 8.23. The lowest BCUT2D eigenvalue weighted by Crippen LogP contribution is -2.35. The van der Waals surface area contributed by atoms with Crippen LogP contribution in [0.1, 0.15) is 59.4 Å². The standard InChI is InChI=1S/C26H27F3N2O2/c1-2-3-18-33-22-13-9-20(10-14-22)25(32)31-17-5-16-30-15-4-6-23(30)24(31)19-7-11-21(12-8-19)26(27,28)29/h4,6-15,24H,2-3,5,16-18H2,1H3. The fraction of sp³-hybridized carbons (Fsp3) is 0.346. The molecule has 1 aliphatic rings. The normalized spacial score (nSPS) is 16.2. The van der Waals surface area contributed by atoms with Crippen molar-refractivity contribution in [2.45, 2.75) is 44.9 Å². The molecule has 0 aliphatic carbocycles. The maximum Gasteiger partial charge on any atom is 0.416 e. The van der Waals surface area contributed by atoms with Crippen LogP contribution in [-0.4, -0.2) is 28.5 Å². The Morgan fingerprint density at radius 1 is 1.03 bits per heavy atom. The Morgan fingerprint density at radius 3 is 2.42 bits per heavy atom. The summed E-state index contributed by atoms with van der Waals surface area (Å²) in [6.45, 7) is 3.97. The topological polar surface area (TPSA) is 34.5 Å². The van der Waals surface area contributed by atoms with Gasteiger partial charge in [0.05, 0.1) is 18.2 Å². The molecule has 0 radical (unpaired) electrons. The Balaban J connectivity index is 1.64. The number of amides is 1. The maximum atomic E-state index is 13.6. The van der Waals surface area contributed by atoms with Gasteiger partial charge >= 0.3 is 6.18 Å². The van der Waals surface area contributed by atoms with Gasteiger partial charge in [0.25, 0.3) is 5.91 Å². The van der Waals surface area contributed by atoms with Gasteiger partial charge in [-0.1, -0.05) is 25.5 Å². The minimum absolute atomic E-state index is 0.158. The highest BCUT2D eigenvalue weighted by molar-refractivity contribution is 5.95. The molecule has 174 valence electrons. The van der Waals surface area contributed by atoms with Crippen LogP contribution >= 0.6 is 0 Å². The number of hydrogen-bond acceptors (Lipinski definition) is 2. The smallest absolute Gasteiger partial charge is 0.416 e. The summed E-state index contributed by atoms with van der Waals surface area (Å²) in [7, 11) is 0. The molecule has 2 aromatic carbocycles. The number of halogens is 3. The van der Waals surface area contributed by atoms with Gasteiger partial charge in [0.15, 0.2) is 0 Å². The van der Waals surface area contributed by atoms with E-state index in [4.69, 9.17) is 4.74 Å². The summed E-state index contributed by atoms with van der Waals surface area (Å²) in [6.07, 6.45) is 0.297. The van der Waals surface area contributed by atoms with Crippen LogP contribution < -0.4 is 4.74 Å². The summed E-state index contributed by atoms with van der Waals surface area (Å²) in [5, 5.41) is 0. The number of carbonyl (C=O) groups excluding carboxylic acids is 1. The molecule has 1 atom stereocenters. The average molecular weight is 457 g/mol. The Labute approximate surface area is 191 Å². The number of aryl methyl sites for hydroxylation is 1. The summed E-state index contributed by atoms with van der Waals surface area (Å²) >= 11 is 0. The molecule has 0 bridgehead atoms. The minimum Gasteiger partial charge on any atom is -0.494 e. The predicted octanol–water partition coefficient (Wildman–Crippen LogP) is 6.32. The molecule has 1 unspecified atom stereocenters. The van der Waals surface area contributed by atoms with E-state index in [2.05, 4.69) is 11.5 Å². The SMILES string of the molecule is CCCCOc1ccc(C(=O)N2CCCn3cccc3C2c2ccc(C(F)(F)F)cc2)cc1.